The lowest BCUT2D eigenvalue weighted by Crippen LogP contribution is -2.25. The molecule has 0 radical (unpaired) electrons. The first-order chi connectivity index (χ1) is 7.65. The molecule has 84 valence electrons. The Morgan fingerprint density at radius 1 is 1.44 bits per heavy atom. The molecule has 1 saturated carbocycles. The molecular formula is C11H13N3OS. The van der Waals surface area contributed by atoms with Gasteiger partial charge in [-0.05, 0) is 43.3 Å². The number of hydrogen-bond donors (Lipinski definition) is 3. The van der Waals surface area contributed by atoms with Gasteiger partial charge in [0.25, 0.3) is 5.91 Å². The largest absolute Gasteiger partial charge is 0.376 e. The van der Waals surface area contributed by atoms with Gasteiger partial charge in [0.1, 0.15) is 0 Å². The molecule has 1 amide bonds. The van der Waals surface area contributed by atoms with Crippen LogP contribution in [0.25, 0.3) is 0 Å². The van der Waals surface area contributed by atoms with Crippen LogP contribution in [0.1, 0.15) is 23.2 Å². The van der Waals surface area contributed by atoms with Gasteiger partial charge in [0.05, 0.1) is 0 Å². The SMILES string of the molecule is NC(=S)Nc1cccc(C(=O)NC2CC2)c1. The van der Waals surface area contributed by atoms with E-state index in [0.29, 0.717) is 11.6 Å². The summed E-state index contributed by atoms with van der Waals surface area (Å²) in [5, 5.41) is 5.91. The zero-order valence-corrected chi connectivity index (χ0v) is 9.51. The van der Waals surface area contributed by atoms with Gasteiger partial charge in [-0.3, -0.25) is 4.79 Å². The molecule has 2 rings (SSSR count). The van der Waals surface area contributed by atoms with Crippen LogP contribution < -0.4 is 16.4 Å². The van der Waals surface area contributed by atoms with E-state index in [1.165, 1.54) is 0 Å². The van der Waals surface area contributed by atoms with Crippen LogP contribution in [0.3, 0.4) is 0 Å². The lowest BCUT2D eigenvalue weighted by Gasteiger charge is -2.07. The third-order valence-electron chi connectivity index (χ3n) is 2.30. The molecule has 0 unspecified atom stereocenters. The van der Waals surface area contributed by atoms with Gasteiger partial charge in [0.2, 0.25) is 0 Å². The van der Waals surface area contributed by atoms with Crippen LogP contribution in [0, 0.1) is 0 Å². The second kappa shape index (κ2) is 4.49. The second-order valence-corrected chi connectivity index (χ2v) is 4.26. The van der Waals surface area contributed by atoms with Crippen molar-refractivity contribution in [2.24, 2.45) is 5.73 Å². The fourth-order valence-electron chi connectivity index (χ4n) is 1.38. The molecule has 0 saturated heterocycles. The van der Waals surface area contributed by atoms with Crippen LogP contribution in [0.15, 0.2) is 24.3 Å². The summed E-state index contributed by atoms with van der Waals surface area (Å²) in [4.78, 5) is 11.7. The van der Waals surface area contributed by atoms with Crippen molar-refractivity contribution < 1.29 is 4.79 Å². The Morgan fingerprint density at radius 3 is 2.81 bits per heavy atom. The molecule has 4 N–H and O–H groups in total. The summed E-state index contributed by atoms with van der Waals surface area (Å²) < 4.78 is 0. The van der Waals surface area contributed by atoms with Crippen molar-refractivity contribution in [2.75, 3.05) is 5.32 Å². The van der Waals surface area contributed by atoms with E-state index in [2.05, 4.69) is 10.6 Å². The summed E-state index contributed by atoms with van der Waals surface area (Å²) >= 11 is 4.73. The average molecular weight is 235 g/mol. The molecule has 0 aliphatic heterocycles. The summed E-state index contributed by atoms with van der Waals surface area (Å²) in [5.41, 5.74) is 6.71. The van der Waals surface area contributed by atoms with Gasteiger partial charge >= 0.3 is 0 Å². The zero-order valence-electron chi connectivity index (χ0n) is 8.69. The van der Waals surface area contributed by atoms with Crippen molar-refractivity contribution in [3.8, 4) is 0 Å². The van der Waals surface area contributed by atoms with Crippen LogP contribution in [0.5, 0.6) is 0 Å². The molecule has 0 aromatic heterocycles. The molecular weight excluding hydrogens is 222 g/mol. The first-order valence-electron chi connectivity index (χ1n) is 5.12. The topological polar surface area (TPSA) is 67.1 Å². The second-order valence-electron chi connectivity index (χ2n) is 3.82. The van der Waals surface area contributed by atoms with E-state index in [0.717, 1.165) is 18.5 Å². The Balaban J connectivity index is 2.07. The van der Waals surface area contributed by atoms with Crippen molar-refractivity contribution >= 4 is 28.9 Å². The lowest BCUT2D eigenvalue weighted by molar-refractivity contribution is 0.0951. The molecule has 5 heteroatoms. The maximum absolute atomic E-state index is 11.7. The third-order valence-corrected chi connectivity index (χ3v) is 2.41. The summed E-state index contributed by atoms with van der Waals surface area (Å²) in [6.45, 7) is 0. The number of benzene rings is 1. The van der Waals surface area contributed by atoms with Crippen molar-refractivity contribution in [3.05, 3.63) is 29.8 Å². The van der Waals surface area contributed by atoms with Crippen LogP contribution in [0.2, 0.25) is 0 Å². The van der Waals surface area contributed by atoms with E-state index in [1.54, 1.807) is 18.2 Å². The number of thiocarbonyl (C=S) groups is 1. The lowest BCUT2D eigenvalue weighted by atomic mass is 10.2. The quantitative estimate of drug-likeness (QED) is 0.689. The Bertz CT molecular complexity index is 429. The number of hydrogen-bond acceptors (Lipinski definition) is 2. The molecule has 1 aliphatic carbocycles. The van der Waals surface area contributed by atoms with E-state index in [9.17, 15) is 4.79 Å². The number of carbonyl (C=O) groups excluding carboxylic acids is 1. The zero-order chi connectivity index (χ0) is 11.5. The van der Waals surface area contributed by atoms with Crippen molar-refractivity contribution in [2.45, 2.75) is 18.9 Å². The first kappa shape index (κ1) is 10.9. The average Bonchev–Trinajstić information content (AvgIpc) is 3.01. The normalized spacial score (nSPS) is 14.2. The Labute approximate surface area is 99.2 Å². The summed E-state index contributed by atoms with van der Waals surface area (Å²) in [5.74, 6) is -0.0471. The number of anilines is 1. The standard InChI is InChI=1S/C11H13N3OS/c12-11(16)14-9-3-1-2-7(6-9)10(15)13-8-4-5-8/h1-3,6,8H,4-5H2,(H,13,15)(H3,12,14,16). The number of rotatable bonds is 3. The Hall–Kier alpha value is -1.62. The van der Waals surface area contributed by atoms with E-state index >= 15 is 0 Å². The molecule has 1 aromatic rings. The molecule has 16 heavy (non-hydrogen) atoms. The number of nitrogens with one attached hydrogen (secondary N) is 2. The van der Waals surface area contributed by atoms with Gasteiger partial charge in [0, 0.05) is 17.3 Å². The minimum absolute atomic E-state index is 0.0471. The minimum Gasteiger partial charge on any atom is -0.376 e. The Morgan fingerprint density at radius 2 is 2.19 bits per heavy atom. The summed E-state index contributed by atoms with van der Waals surface area (Å²) in [6, 6.07) is 7.47. The summed E-state index contributed by atoms with van der Waals surface area (Å²) in [6.07, 6.45) is 2.16. The highest BCUT2D eigenvalue weighted by molar-refractivity contribution is 7.80. The molecule has 4 nitrogen and oxygen atoms in total. The maximum atomic E-state index is 11.7. The number of carbonyl (C=O) groups is 1. The van der Waals surface area contributed by atoms with Crippen LogP contribution >= 0.6 is 12.2 Å². The van der Waals surface area contributed by atoms with E-state index < -0.39 is 0 Å². The molecule has 1 fully saturated rings. The maximum Gasteiger partial charge on any atom is 0.251 e. The van der Waals surface area contributed by atoms with E-state index in [4.69, 9.17) is 18.0 Å². The summed E-state index contributed by atoms with van der Waals surface area (Å²) in [7, 11) is 0. The van der Waals surface area contributed by atoms with Gasteiger partial charge in [-0.25, -0.2) is 0 Å². The van der Waals surface area contributed by atoms with Crippen molar-refractivity contribution in [3.63, 3.8) is 0 Å². The third kappa shape index (κ3) is 2.93. The number of amides is 1. The first-order valence-corrected chi connectivity index (χ1v) is 5.53. The highest BCUT2D eigenvalue weighted by Crippen LogP contribution is 2.19. The molecule has 1 aliphatic rings. The Kier molecular flexibility index (Phi) is 3.05. The monoisotopic (exact) mass is 235 g/mol. The fraction of sp³-hybridized carbons (Fsp3) is 0.273. The van der Waals surface area contributed by atoms with Gasteiger partial charge in [-0.1, -0.05) is 6.07 Å². The molecule has 0 heterocycles. The van der Waals surface area contributed by atoms with Gasteiger partial charge in [-0.15, -0.1) is 0 Å². The minimum atomic E-state index is -0.0471. The highest BCUT2D eigenvalue weighted by atomic mass is 32.1. The predicted octanol–water partition coefficient (Wildman–Crippen LogP) is 1.23. The fourth-order valence-corrected chi connectivity index (χ4v) is 1.49. The van der Waals surface area contributed by atoms with Crippen molar-refractivity contribution in [1.29, 1.82) is 0 Å². The van der Waals surface area contributed by atoms with Crippen LogP contribution in [-0.2, 0) is 0 Å². The van der Waals surface area contributed by atoms with Gasteiger partial charge in [0.15, 0.2) is 5.11 Å². The van der Waals surface area contributed by atoms with Crippen molar-refractivity contribution in [1.82, 2.24) is 5.32 Å². The highest BCUT2D eigenvalue weighted by Gasteiger charge is 2.23. The van der Waals surface area contributed by atoms with Gasteiger partial charge in [-0.2, -0.15) is 0 Å². The number of nitrogens with two attached hydrogens (primary N) is 1. The molecule has 0 spiro atoms. The van der Waals surface area contributed by atoms with E-state index in [1.807, 2.05) is 6.07 Å². The predicted molar refractivity (Wildman–Crippen MR) is 67.3 cm³/mol. The molecule has 0 atom stereocenters. The van der Waals surface area contributed by atoms with Gasteiger partial charge < -0.3 is 16.4 Å². The molecule has 1 aromatic carbocycles. The van der Waals surface area contributed by atoms with Crippen LogP contribution in [-0.4, -0.2) is 17.1 Å². The molecule has 0 bridgehead atoms. The van der Waals surface area contributed by atoms with E-state index in [-0.39, 0.29) is 11.0 Å². The smallest absolute Gasteiger partial charge is 0.251 e. The van der Waals surface area contributed by atoms with Crippen LogP contribution in [0.4, 0.5) is 5.69 Å².